The Balaban J connectivity index is 0.00000392. The van der Waals surface area contributed by atoms with Crippen LogP contribution in [-0.4, -0.2) is 45.4 Å². The van der Waals surface area contributed by atoms with Crippen LogP contribution in [0.15, 0.2) is 29.2 Å². The molecule has 0 radical (unpaired) electrons. The van der Waals surface area contributed by atoms with Gasteiger partial charge in [-0.25, -0.2) is 13.1 Å². The zero-order valence-electron chi connectivity index (χ0n) is 16.7. The first-order valence-corrected chi connectivity index (χ1v) is 11.4. The summed E-state index contributed by atoms with van der Waals surface area (Å²) in [5.74, 6) is 0.356. The number of nitrogens with two attached hydrogens (primary N) is 1. The lowest BCUT2D eigenvalue weighted by Crippen LogP contribution is -2.43. The van der Waals surface area contributed by atoms with Crippen LogP contribution in [0.3, 0.4) is 0 Å². The van der Waals surface area contributed by atoms with Crippen LogP contribution in [0.4, 0.5) is 0 Å². The highest BCUT2D eigenvalue weighted by Crippen LogP contribution is 2.19. The second-order valence-corrected chi connectivity index (χ2v) is 9.23. The number of nitrogens with zero attached hydrogens (tertiary/aromatic N) is 1. The van der Waals surface area contributed by atoms with Gasteiger partial charge in [-0.05, 0) is 57.2 Å². The van der Waals surface area contributed by atoms with Crippen LogP contribution in [0, 0.1) is 12.8 Å². The first kappa shape index (κ1) is 24.9. The van der Waals surface area contributed by atoms with E-state index in [0.717, 1.165) is 50.6 Å². The second-order valence-electron chi connectivity index (χ2n) is 7.47. The molecule has 1 aromatic carbocycles. The molecule has 1 fully saturated rings. The van der Waals surface area contributed by atoms with Gasteiger partial charge >= 0.3 is 0 Å². The van der Waals surface area contributed by atoms with E-state index in [-0.39, 0.29) is 29.1 Å². The molecular weight excluding hydrogens is 398 g/mol. The molecule has 1 aliphatic rings. The molecule has 6 nitrogen and oxygen atoms in total. The lowest BCUT2D eigenvalue weighted by molar-refractivity contribution is -0.133. The Bertz CT molecular complexity index is 695. The average Bonchev–Trinajstić information content (AvgIpc) is 2.67. The molecule has 0 bridgehead atoms. The number of piperidine rings is 1. The number of sulfonamides is 1. The lowest BCUT2D eigenvalue weighted by Gasteiger charge is -2.33. The maximum Gasteiger partial charge on any atom is 0.240 e. The molecular formula is C20H34ClN3O3S. The highest BCUT2D eigenvalue weighted by atomic mass is 35.5. The number of carbonyl (C=O) groups is 1. The summed E-state index contributed by atoms with van der Waals surface area (Å²) in [6, 6.07) is 6.84. The predicted octanol–water partition coefficient (Wildman–Crippen LogP) is 2.84. The first-order chi connectivity index (χ1) is 12.9. The van der Waals surface area contributed by atoms with E-state index >= 15 is 0 Å². The van der Waals surface area contributed by atoms with Gasteiger partial charge in [-0.3, -0.25) is 4.79 Å². The van der Waals surface area contributed by atoms with E-state index in [0.29, 0.717) is 26.1 Å². The normalized spacial score (nSPS) is 17.2. The van der Waals surface area contributed by atoms with Crippen molar-refractivity contribution in [3.63, 3.8) is 0 Å². The van der Waals surface area contributed by atoms with Crippen molar-refractivity contribution in [2.75, 3.05) is 26.2 Å². The quantitative estimate of drug-likeness (QED) is 0.557. The summed E-state index contributed by atoms with van der Waals surface area (Å²) < 4.78 is 27.6. The molecule has 1 saturated heterocycles. The third kappa shape index (κ3) is 8.07. The van der Waals surface area contributed by atoms with Gasteiger partial charge in [0.2, 0.25) is 15.9 Å². The number of rotatable bonds is 10. The van der Waals surface area contributed by atoms with Gasteiger partial charge in [0.05, 0.1) is 4.90 Å². The lowest BCUT2D eigenvalue weighted by atomic mass is 9.98. The Morgan fingerprint density at radius 1 is 1.18 bits per heavy atom. The molecule has 0 spiro atoms. The van der Waals surface area contributed by atoms with Crippen molar-refractivity contribution in [1.82, 2.24) is 9.62 Å². The highest BCUT2D eigenvalue weighted by molar-refractivity contribution is 7.89. The minimum atomic E-state index is -3.50. The molecule has 2 rings (SSSR count). The van der Waals surface area contributed by atoms with Gasteiger partial charge in [0.1, 0.15) is 0 Å². The molecule has 3 N–H and O–H groups in total. The average molecular weight is 432 g/mol. The minimum absolute atomic E-state index is 0. The zero-order valence-corrected chi connectivity index (χ0v) is 18.4. The third-order valence-electron chi connectivity index (χ3n) is 5.11. The van der Waals surface area contributed by atoms with Crippen molar-refractivity contribution in [2.45, 2.75) is 56.8 Å². The Hall–Kier alpha value is -1.15. The number of hydrogen-bond donors (Lipinski definition) is 2. The molecule has 0 aliphatic carbocycles. The van der Waals surface area contributed by atoms with E-state index < -0.39 is 10.0 Å². The number of amides is 1. The van der Waals surface area contributed by atoms with Crippen molar-refractivity contribution in [3.8, 4) is 0 Å². The first-order valence-electron chi connectivity index (χ1n) is 9.96. The van der Waals surface area contributed by atoms with Gasteiger partial charge in [-0.2, -0.15) is 0 Å². The van der Waals surface area contributed by atoms with Gasteiger partial charge in [-0.1, -0.05) is 30.5 Å². The van der Waals surface area contributed by atoms with Gasteiger partial charge in [-0.15, -0.1) is 12.4 Å². The molecule has 160 valence electrons. The standard InChI is InChI=1S/C20H33N3O3S.ClH/c1-17-9-11-19(12-10-17)27(25,26)22-15-18-7-6-14-23(16-18)20(24)8-4-2-3-5-13-21;/h9-12,18,22H,2-8,13-16,21H2,1H3;1H. The SMILES string of the molecule is Cc1ccc(S(=O)(=O)NCC2CCCN(C(=O)CCCCCCN)C2)cc1.Cl. The van der Waals surface area contributed by atoms with E-state index in [4.69, 9.17) is 5.73 Å². The van der Waals surface area contributed by atoms with Crippen molar-refractivity contribution >= 4 is 28.3 Å². The fourth-order valence-electron chi connectivity index (χ4n) is 3.42. The molecule has 1 aliphatic heterocycles. The maximum absolute atomic E-state index is 12.4. The summed E-state index contributed by atoms with van der Waals surface area (Å²) in [4.78, 5) is 14.6. The molecule has 0 saturated carbocycles. The predicted molar refractivity (Wildman–Crippen MR) is 115 cm³/mol. The van der Waals surface area contributed by atoms with E-state index in [9.17, 15) is 13.2 Å². The number of nitrogens with one attached hydrogen (secondary N) is 1. The molecule has 8 heteroatoms. The fraction of sp³-hybridized carbons (Fsp3) is 0.650. The van der Waals surface area contributed by atoms with Crippen molar-refractivity contribution < 1.29 is 13.2 Å². The number of halogens is 1. The van der Waals surface area contributed by atoms with Crippen LogP contribution in [-0.2, 0) is 14.8 Å². The van der Waals surface area contributed by atoms with Crippen LogP contribution in [0.25, 0.3) is 0 Å². The summed E-state index contributed by atoms with van der Waals surface area (Å²) in [5.41, 5.74) is 6.51. The highest BCUT2D eigenvalue weighted by Gasteiger charge is 2.25. The van der Waals surface area contributed by atoms with Crippen molar-refractivity contribution in [3.05, 3.63) is 29.8 Å². The fourth-order valence-corrected chi connectivity index (χ4v) is 4.53. The molecule has 1 aromatic rings. The van der Waals surface area contributed by atoms with E-state index in [2.05, 4.69) is 4.72 Å². The number of likely N-dealkylation sites (tertiary alicyclic amines) is 1. The number of hydrogen-bond acceptors (Lipinski definition) is 4. The van der Waals surface area contributed by atoms with Crippen LogP contribution >= 0.6 is 12.4 Å². The number of benzene rings is 1. The monoisotopic (exact) mass is 431 g/mol. The Morgan fingerprint density at radius 3 is 2.54 bits per heavy atom. The van der Waals surface area contributed by atoms with E-state index in [1.54, 1.807) is 24.3 Å². The Labute approximate surface area is 175 Å². The molecule has 0 aromatic heterocycles. The van der Waals surface area contributed by atoms with Crippen LogP contribution in [0.2, 0.25) is 0 Å². The largest absolute Gasteiger partial charge is 0.342 e. The summed E-state index contributed by atoms with van der Waals surface area (Å²) >= 11 is 0. The topological polar surface area (TPSA) is 92.5 Å². The third-order valence-corrected chi connectivity index (χ3v) is 6.55. The van der Waals surface area contributed by atoms with Crippen LogP contribution in [0.1, 0.15) is 50.5 Å². The number of aryl methyl sites for hydroxylation is 1. The Morgan fingerprint density at radius 2 is 1.86 bits per heavy atom. The van der Waals surface area contributed by atoms with Gasteiger partial charge in [0.25, 0.3) is 0 Å². The molecule has 1 heterocycles. The molecule has 28 heavy (non-hydrogen) atoms. The summed E-state index contributed by atoms with van der Waals surface area (Å²) in [5, 5.41) is 0. The van der Waals surface area contributed by atoms with Crippen LogP contribution in [0.5, 0.6) is 0 Å². The number of carbonyl (C=O) groups excluding carboxylic acids is 1. The summed E-state index contributed by atoms with van der Waals surface area (Å²) in [6.45, 7) is 4.42. The van der Waals surface area contributed by atoms with Gasteiger partial charge in [0, 0.05) is 26.1 Å². The van der Waals surface area contributed by atoms with E-state index in [1.807, 2.05) is 11.8 Å². The summed E-state index contributed by atoms with van der Waals surface area (Å²) in [7, 11) is -3.50. The van der Waals surface area contributed by atoms with Crippen LogP contribution < -0.4 is 10.5 Å². The molecule has 1 atom stereocenters. The van der Waals surface area contributed by atoms with E-state index in [1.165, 1.54) is 0 Å². The minimum Gasteiger partial charge on any atom is -0.342 e. The zero-order chi connectivity index (χ0) is 19.7. The van der Waals surface area contributed by atoms with Gasteiger partial charge in [0.15, 0.2) is 0 Å². The van der Waals surface area contributed by atoms with Gasteiger partial charge < -0.3 is 10.6 Å². The summed E-state index contributed by atoms with van der Waals surface area (Å²) in [6.07, 6.45) is 6.48. The maximum atomic E-state index is 12.4. The second kappa shape index (κ2) is 12.4. The number of unbranched alkanes of at least 4 members (excludes halogenated alkanes) is 3. The smallest absolute Gasteiger partial charge is 0.240 e. The van der Waals surface area contributed by atoms with Crippen molar-refractivity contribution in [1.29, 1.82) is 0 Å². The Kier molecular flexibility index (Phi) is 11.0. The van der Waals surface area contributed by atoms with Crippen molar-refractivity contribution in [2.24, 2.45) is 11.7 Å². The molecule has 1 unspecified atom stereocenters. The molecule has 1 amide bonds.